The maximum atomic E-state index is 5.88. The Morgan fingerprint density at radius 2 is 2.00 bits per heavy atom. The molecule has 1 aliphatic heterocycles. The number of hydrogen-bond acceptors (Lipinski definition) is 3. The van der Waals surface area contributed by atoms with Crippen LogP contribution in [0.15, 0.2) is 12.3 Å². The maximum absolute atomic E-state index is 5.88. The summed E-state index contributed by atoms with van der Waals surface area (Å²) in [5, 5.41) is 4.77. The Balaban J connectivity index is 1.65. The van der Waals surface area contributed by atoms with Gasteiger partial charge in [0.05, 0.1) is 22.8 Å². The number of thiocarbonyl (C=S) groups is 1. The third-order valence-corrected chi connectivity index (χ3v) is 4.94. The molecule has 0 amide bonds. The highest BCUT2D eigenvalue weighted by atomic mass is 32.1. The molecule has 0 radical (unpaired) electrons. The quantitative estimate of drug-likeness (QED) is 0.867. The minimum atomic E-state index is 0.260. The van der Waals surface area contributed by atoms with Gasteiger partial charge in [-0.2, -0.15) is 5.10 Å². The molecule has 5 heteroatoms. The van der Waals surface area contributed by atoms with E-state index in [4.69, 9.17) is 23.1 Å². The Bertz CT molecular complexity index is 464. The van der Waals surface area contributed by atoms with E-state index in [1.54, 1.807) is 0 Å². The second kappa shape index (κ2) is 6.22. The van der Waals surface area contributed by atoms with Crippen molar-refractivity contribution in [3.05, 3.63) is 18.0 Å². The normalized spacial score (nSPS) is 25.1. The van der Waals surface area contributed by atoms with Gasteiger partial charge >= 0.3 is 0 Å². The van der Waals surface area contributed by atoms with Crippen LogP contribution in [0.2, 0.25) is 0 Å². The molecule has 110 valence electrons. The highest BCUT2D eigenvalue weighted by molar-refractivity contribution is 7.80. The highest BCUT2D eigenvalue weighted by Gasteiger charge is 2.25. The molecular weight excluding hydrogens is 268 g/mol. The van der Waals surface area contributed by atoms with E-state index >= 15 is 0 Å². The van der Waals surface area contributed by atoms with E-state index in [2.05, 4.69) is 21.8 Å². The zero-order valence-corrected chi connectivity index (χ0v) is 12.8. The van der Waals surface area contributed by atoms with Crippen molar-refractivity contribution in [1.29, 1.82) is 0 Å². The largest absolute Gasteiger partial charge is 0.392 e. The molecule has 1 aromatic rings. The lowest BCUT2D eigenvalue weighted by molar-refractivity contribution is 0.182. The minimum absolute atomic E-state index is 0.260. The SMILES string of the molecule is NC(=S)C1CCCCN1Cc1ccn(C2CCCC2)n1. The first-order valence-corrected chi connectivity index (χ1v) is 8.22. The van der Waals surface area contributed by atoms with Crippen LogP contribution in [0.5, 0.6) is 0 Å². The molecule has 1 unspecified atom stereocenters. The van der Waals surface area contributed by atoms with Crippen molar-refractivity contribution < 1.29 is 0 Å². The number of likely N-dealkylation sites (tertiary alicyclic amines) is 1. The Labute approximate surface area is 126 Å². The first-order valence-electron chi connectivity index (χ1n) is 7.81. The molecule has 0 bridgehead atoms. The third-order valence-electron chi connectivity index (χ3n) is 4.67. The smallest absolute Gasteiger partial charge is 0.0902 e. The fraction of sp³-hybridized carbons (Fsp3) is 0.733. The molecule has 2 heterocycles. The fourth-order valence-electron chi connectivity index (χ4n) is 3.54. The molecule has 3 rings (SSSR count). The van der Waals surface area contributed by atoms with E-state index in [9.17, 15) is 0 Å². The van der Waals surface area contributed by atoms with Crippen LogP contribution in [0, 0.1) is 0 Å². The Morgan fingerprint density at radius 1 is 1.25 bits per heavy atom. The summed E-state index contributed by atoms with van der Waals surface area (Å²) >= 11 is 5.21. The van der Waals surface area contributed by atoms with Gasteiger partial charge in [-0.05, 0) is 38.3 Å². The molecule has 20 heavy (non-hydrogen) atoms. The summed E-state index contributed by atoms with van der Waals surface area (Å²) < 4.78 is 2.17. The number of aromatic nitrogens is 2. The van der Waals surface area contributed by atoms with Crippen LogP contribution in [-0.4, -0.2) is 32.3 Å². The van der Waals surface area contributed by atoms with Crippen molar-refractivity contribution in [2.24, 2.45) is 5.73 Å². The van der Waals surface area contributed by atoms with E-state index in [0.29, 0.717) is 11.0 Å². The molecule has 2 fully saturated rings. The first-order chi connectivity index (χ1) is 9.74. The predicted molar refractivity (Wildman–Crippen MR) is 84.6 cm³/mol. The summed E-state index contributed by atoms with van der Waals surface area (Å²) in [6, 6.07) is 3.04. The van der Waals surface area contributed by atoms with Crippen LogP contribution < -0.4 is 5.73 Å². The zero-order valence-electron chi connectivity index (χ0n) is 12.0. The molecule has 1 saturated heterocycles. The van der Waals surface area contributed by atoms with Gasteiger partial charge in [0, 0.05) is 12.7 Å². The minimum Gasteiger partial charge on any atom is -0.392 e. The molecule has 0 aromatic carbocycles. The first kappa shape index (κ1) is 14.0. The van der Waals surface area contributed by atoms with E-state index in [-0.39, 0.29) is 6.04 Å². The van der Waals surface area contributed by atoms with Crippen LogP contribution in [0.3, 0.4) is 0 Å². The van der Waals surface area contributed by atoms with Crippen molar-refractivity contribution in [2.45, 2.75) is 63.6 Å². The summed E-state index contributed by atoms with van der Waals surface area (Å²) in [6.45, 7) is 1.96. The summed E-state index contributed by atoms with van der Waals surface area (Å²) in [5.74, 6) is 0. The molecule has 1 aliphatic carbocycles. The van der Waals surface area contributed by atoms with Crippen LogP contribution in [0.25, 0.3) is 0 Å². The average Bonchev–Trinajstić information content (AvgIpc) is 3.09. The van der Waals surface area contributed by atoms with Gasteiger partial charge in [0.1, 0.15) is 0 Å². The molecule has 1 atom stereocenters. The number of piperidine rings is 1. The Hall–Kier alpha value is -0.940. The van der Waals surface area contributed by atoms with Crippen LogP contribution in [0.4, 0.5) is 0 Å². The van der Waals surface area contributed by atoms with Gasteiger partial charge in [0.25, 0.3) is 0 Å². The van der Waals surface area contributed by atoms with Crippen LogP contribution in [0.1, 0.15) is 56.7 Å². The standard InChI is InChI=1S/C15H24N4S/c16-15(20)14-7-3-4-9-18(14)11-12-8-10-19(17-12)13-5-1-2-6-13/h8,10,13-14H,1-7,9,11H2,(H2,16,20). The van der Waals surface area contributed by atoms with Crippen molar-refractivity contribution in [1.82, 2.24) is 14.7 Å². The highest BCUT2D eigenvalue weighted by Crippen LogP contribution is 2.29. The van der Waals surface area contributed by atoms with Gasteiger partial charge in [0.15, 0.2) is 0 Å². The molecule has 1 saturated carbocycles. The molecule has 0 spiro atoms. The van der Waals surface area contributed by atoms with Crippen molar-refractivity contribution >= 4 is 17.2 Å². The summed E-state index contributed by atoms with van der Waals surface area (Å²) in [7, 11) is 0. The van der Waals surface area contributed by atoms with Gasteiger partial charge in [-0.3, -0.25) is 9.58 Å². The number of nitrogens with zero attached hydrogens (tertiary/aromatic N) is 3. The number of nitrogens with two attached hydrogens (primary N) is 1. The van der Waals surface area contributed by atoms with Gasteiger partial charge in [0.2, 0.25) is 0 Å². The second-order valence-corrected chi connectivity index (χ2v) is 6.58. The van der Waals surface area contributed by atoms with Gasteiger partial charge < -0.3 is 5.73 Å². The molecule has 1 aromatic heterocycles. The van der Waals surface area contributed by atoms with Gasteiger partial charge in [-0.15, -0.1) is 0 Å². The van der Waals surface area contributed by atoms with Crippen molar-refractivity contribution in [3.63, 3.8) is 0 Å². The van der Waals surface area contributed by atoms with E-state index in [0.717, 1.165) is 25.2 Å². The topological polar surface area (TPSA) is 47.1 Å². The Kier molecular flexibility index (Phi) is 4.36. The Morgan fingerprint density at radius 3 is 2.75 bits per heavy atom. The monoisotopic (exact) mass is 292 g/mol. The summed E-state index contributed by atoms with van der Waals surface area (Å²) in [5.41, 5.74) is 7.03. The maximum Gasteiger partial charge on any atom is 0.0902 e. The molecule has 4 nitrogen and oxygen atoms in total. The molecular formula is C15H24N4S. The lowest BCUT2D eigenvalue weighted by atomic mass is 10.0. The van der Waals surface area contributed by atoms with E-state index in [1.807, 2.05) is 0 Å². The number of rotatable bonds is 4. The van der Waals surface area contributed by atoms with Crippen LogP contribution in [-0.2, 0) is 6.54 Å². The third kappa shape index (κ3) is 3.04. The fourth-order valence-corrected chi connectivity index (χ4v) is 3.81. The lowest BCUT2D eigenvalue weighted by Crippen LogP contribution is -2.46. The van der Waals surface area contributed by atoms with Gasteiger partial charge in [-0.1, -0.05) is 31.5 Å². The average molecular weight is 292 g/mol. The molecule has 2 N–H and O–H groups in total. The molecule has 2 aliphatic rings. The second-order valence-electron chi connectivity index (χ2n) is 6.11. The van der Waals surface area contributed by atoms with E-state index < -0.39 is 0 Å². The van der Waals surface area contributed by atoms with Crippen molar-refractivity contribution in [3.8, 4) is 0 Å². The summed E-state index contributed by atoms with van der Waals surface area (Å²) in [6.07, 6.45) is 11.0. The van der Waals surface area contributed by atoms with E-state index in [1.165, 1.54) is 38.5 Å². The van der Waals surface area contributed by atoms with Crippen molar-refractivity contribution in [2.75, 3.05) is 6.54 Å². The lowest BCUT2D eigenvalue weighted by Gasteiger charge is -2.34. The zero-order chi connectivity index (χ0) is 13.9. The predicted octanol–water partition coefficient (Wildman–Crippen LogP) is 2.64. The van der Waals surface area contributed by atoms with Crippen LogP contribution >= 0.6 is 12.2 Å². The summed E-state index contributed by atoms with van der Waals surface area (Å²) in [4.78, 5) is 3.03. The van der Waals surface area contributed by atoms with Gasteiger partial charge in [-0.25, -0.2) is 0 Å². The number of hydrogen-bond donors (Lipinski definition) is 1.